The minimum Gasteiger partial charge on any atom is -0.352 e. The van der Waals surface area contributed by atoms with Crippen LogP contribution in [0.3, 0.4) is 0 Å². The molecule has 0 spiro atoms. The molecule has 0 aliphatic carbocycles. The Morgan fingerprint density at radius 3 is 2.32 bits per heavy atom. The van der Waals surface area contributed by atoms with Crippen LogP contribution in [0.1, 0.15) is 39.9 Å². The lowest BCUT2D eigenvalue weighted by Gasteiger charge is -2.31. The highest BCUT2D eigenvalue weighted by Gasteiger charge is 2.28. The van der Waals surface area contributed by atoms with Crippen LogP contribution >= 0.6 is 0 Å². The summed E-state index contributed by atoms with van der Waals surface area (Å²) in [5.74, 6) is -1.83. The normalized spacial score (nSPS) is 14.8. The van der Waals surface area contributed by atoms with E-state index in [0.29, 0.717) is 37.1 Å². The Kier molecular flexibility index (Phi) is 6.07. The minimum atomic E-state index is -0.665. The second-order valence-corrected chi connectivity index (χ2v) is 7.31. The Morgan fingerprint density at radius 1 is 1.04 bits per heavy atom. The zero-order valence-corrected chi connectivity index (χ0v) is 16.1. The number of aryl methyl sites for hydroxylation is 2. The van der Waals surface area contributed by atoms with Crippen molar-refractivity contribution in [2.75, 3.05) is 13.1 Å². The second kappa shape index (κ2) is 8.50. The molecule has 1 aliphatic heterocycles. The maximum atomic E-state index is 14.0. The van der Waals surface area contributed by atoms with E-state index in [2.05, 4.69) is 5.32 Å². The number of benzene rings is 2. The van der Waals surface area contributed by atoms with Gasteiger partial charge in [-0.25, -0.2) is 8.78 Å². The topological polar surface area (TPSA) is 49.4 Å². The van der Waals surface area contributed by atoms with E-state index in [0.717, 1.165) is 5.56 Å². The number of likely N-dealkylation sites (tertiary alicyclic amines) is 1. The van der Waals surface area contributed by atoms with Crippen LogP contribution in [0, 0.1) is 31.4 Å². The molecule has 1 N–H and O–H groups in total. The molecule has 2 amide bonds. The fourth-order valence-electron chi connectivity index (χ4n) is 3.42. The number of piperidine rings is 1. The predicted octanol–water partition coefficient (Wildman–Crippen LogP) is 3.75. The summed E-state index contributed by atoms with van der Waals surface area (Å²) in [6, 6.07) is 9.99. The number of carbonyl (C=O) groups is 2. The Morgan fingerprint density at radius 2 is 1.68 bits per heavy atom. The Balaban J connectivity index is 1.53. The molecule has 1 fully saturated rings. The van der Waals surface area contributed by atoms with Gasteiger partial charge >= 0.3 is 0 Å². The molecule has 0 aromatic heterocycles. The first-order valence-electron chi connectivity index (χ1n) is 9.44. The van der Waals surface area contributed by atoms with Crippen molar-refractivity contribution in [3.05, 3.63) is 70.3 Å². The van der Waals surface area contributed by atoms with Gasteiger partial charge in [-0.2, -0.15) is 0 Å². The molecule has 0 atom stereocenters. The van der Waals surface area contributed by atoms with Crippen LogP contribution in [0.4, 0.5) is 8.78 Å². The fraction of sp³-hybridized carbons (Fsp3) is 0.364. The molecule has 0 bridgehead atoms. The Labute approximate surface area is 163 Å². The van der Waals surface area contributed by atoms with Crippen LogP contribution in [-0.4, -0.2) is 29.8 Å². The van der Waals surface area contributed by atoms with Gasteiger partial charge in [-0.15, -0.1) is 0 Å². The number of carbonyl (C=O) groups excluding carboxylic acids is 2. The molecule has 2 aromatic carbocycles. The molecular formula is C22H24F2N2O2. The van der Waals surface area contributed by atoms with Gasteiger partial charge in [0.1, 0.15) is 11.6 Å². The minimum absolute atomic E-state index is 0.0391. The summed E-state index contributed by atoms with van der Waals surface area (Å²) in [7, 11) is 0. The van der Waals surface area contributed by atoms with Gasteiger partial charge in [-0.3, -0.25) is 9.59 Å². The monoisotopic (exact) mass is 386 g/mol. The summed E-state index contributed by atoms with van der Waals surface area (Å²) >= 11 is 0. The second-order valence-electron chi connectivity index (χ2n) is 7.31. The molecule has 148 valence electrons. The standard InChI is InChI=1S/C22H24F2N2O2/c1-14-3-6-17(7-4-14)22(28)26-11-9-16(10-12-26)21(27)25-13-18-19(23)8-5-15(2)20(18)24/h3-8,16H,9-13H2,1-2H3,(H,25,27). The van der Waals surface area contributed by atoms with E-state index in [1.54, 1.807) is 24.0 Å². The van der Waals surface area contributed by atoms with Crippen LogP contribution in [0.5, 0.6) is 0 Å². The van der Waals surface area contributed by atoms with E-state index in [9.17, 15) is 18.4 Å². The first-order valence-corrected chi connectivity index (χ1v) is 9.44. The first kappa shape index (κ1) is 20.0. The van der Waals surface area contributed by atoms with E-state index in [4.69, 9.17) is 0 Å². The molecule has 3 rings (SSSR count). The zero-order chi connectivity index (χ0) is 20.3. The largest absolute Gasteiger partial charge is 0.352 e. The average Bonchev–Trinajstić information content (AvgIpc) is 2.71. The van der Waals surface area contributed by atoms with Crippen molar-refractivity contribution >= 4 is 11.8 Å². The molecule has 1 aliphatic rings. The molecule has 2 aromatic rings. The third-order valence-corrected chi connectivity index (χ3v) is 5.27. The number of hydrogen-bond acceptors (Lipinski definition) is 2. The van der Waals surface area contributed by atoms with Crippen LogP contribution in [0.25, 0.3) is 0 Å². The van der Waals surface area contributed by atoms with Gasteiger partial charge < -0.3 is 10.2 Å². The number of amides is 2. The summed E-state index contributed by atoms with van der Waals surface area (Å²) in [5, 5.41) is 2.64. The molecular weight excluding hydrogens is 362 g/mol. The van der Waals surface area contributed by atoms with Crippen molar-refractivity contribution in [2.45, 2.75) is 33.2 Å². The smallest absolute Gasteiger partial charge is 0.253 e. The van der Waals surface area contributed by atoms with Crippen molar-refractivity contribution < 1.29 is 18.4 Å². The number of nitrogens with one attached hydrogen (secondary N) is 1. The van der Waals surface area contributed by atoms with Gasteiger partial charge in [-0.05, 0) is 50.5 Å². The van der Waals surface area contributed by atoms with Crippen LogP contribution in [0.2, 0.25) is 0 Å². The van der Waals surface area contributed by atoms with Crippen LogP contribution in [0.15, 0.2) is 36.4 Å². The molecule has 0 unspecified atom stereocenters. The maximum Gasteiger partial charge on any atom is 0.253 e. The average molecular weight is 386 g/mol. The highest BCUT2D eigenvalue weighted by atomic mass is 19.1. The third kappa shape index (κ3) is 4.38. The molecule has 28 heavy (non-hydrogen) atoms. The molecule has 0 radical (unpaired) electrons. The van der Waals surface area contributed by atoms with E-state index in [1.165, 1.54) is 12.1 Å². The molecule has 1 saturated heterocycles. The van der Waals surface area contributed by atoms with Crippen LogP contribution < -0.4 is 5.32 Å². The van der Waals surface area contributed by atoms with Crippen molar-refractivity contribution in [3.63, 3.8) is 0 Å². The number of nitrogens with zero attached hydrogens (tertiary/aromatic N) is 1. The van der Waals surface area contributed by atoms with E-state index < -0.39 is 11.6 Å². The number of halogens is 2. The Bertz CT molecular complexity index is 873. The highest BCUT2D eigenvalue weighted by Crippen LogP contribution is 2.21. The molecule has 0 saturated carbocycles. The summed E-state index contributed by atoms with van der Waals surface area (Å²) in [5.41, 5.74) is 1.95. The number of rotatable bonds is 4. The summed E-state index contributed by atoms with van der Waals surface area (Å²) in [4.78, 5) is 26.7. The predicted molar refractivity (Wildman–Crippen MR) is 103 cm³/mol. The van der Waals surface area contributed by atoms with Gasteiger partial charge in [0.15, 0.2) is 0 Å². The maximum absolute atomic E-state index is 14.0. The van der Waals surface area contributed by atoms with Gasteiger partial charge in [0.05, 0.1) is 0 Å². The molecule has 1 heterocycles. The van der Waals surface area contributed by atoms with Gasteiger partial charge in [0.25, 0.3) is 5.91 Å². The quantitative estimate of drug-likeness (QED) is 0.870. The van der Waals surface area contributed by atoms with Gasteiger partial charge in [-0.1, -0.05) is 23.8 Å². The highest BCUT2D eigenvalue weighted by molar-refractivity contribution is 5.94. The van der Waals surface area contributed by atoms with E-state index in [-0.39, 0.29) is 29.8 Å². The van der Waals surface area contributed by atoms with E-state index >= 15 is 0 Å². The third-order valence-electron chi connectivity index (χ3n) is 5.27. The van der Waals surface area contributed by atoms with Crippen molar-refractivity contribution in [3.8, 4) is 0 Å². The van der Waals surface area contributed by atoms with Crippen molar-refractivity contribution in [1.29, 1.82) is 0 Å². The van der Waals surface area contributed by atoms with Crippen LogP contribution in [-0.2, 0) is 11.3 Å². The molecule has 4 nitrogen and oxygen atoms in total. The lowest BCUT2D eigenvalue weighted by molar-refractivity contribution is -0.126. The summed E-state index contributed by atoms with van der Waals surface area (Å²) in [6.45, 7) is 4.31. The van der Waals surface area contributed by atoms with Gasteiger partial charge in [0, 0.05) is 36.7 Å². The lowest BCUT2D eigenvalue weighted by Crippen LogP contribution is -2.43. The molecule has 6 heteroatoms. The summed E-state index contributed by atoms with van der Waals surface area (Å²) in [6.07, 6.45) is 1.06. The zero-order valence-electron chi connectivity index (χ0n) is 16.1. The Hall–Kier alpha value is -2.76. The number of hydrogen-bond donors (Lipinski definition) is 1. The van der Waals surface area contributed by atoms with Crippen molar-refractivity contribution in [2.24, 2.45) is 5.92 Å². The van der Waals surface area contributed by atoms with Gasteiger partial charge in [0.2, 0.25) is 5.91 Å². The SMILES string of the molecule is Cc1ccc(C(=O)N2CCC(C(=O)NCc3c(F)ccc(C)c3F)CC2)cc1. The lowest BCUT2D eigenvalue weighted by atomic mass is 9.95. The summed E-state index contributed by atoms with van der Waals surface area (Å²) < 4.78 is 27.9. The van der Waals surface area contributed by atoms with E-state index in [1.807, 2.05) is 19.1 Å². The first-order chi connectivity index (χ1) is 13.4. The van der Waals surface area contributed by atoms with Crippen molar-refractivity contribution in [1.82, 2.24) is 10.2 Å². The fourth-order valence-corrected chi connectivity index (χ4v) is 3.42.